The number of hydrogen-bond acceptors (Lipinski definition) is 3. The monoisotopic (exact) mass is 501 g/mol. The SMILES string of the molecule is CC1CC2CC(C)CC(COc3cc(F)c(C(=O)N4CCCC4C(=O)O)cc3C3CC3)(C1)C2.CCC. The maximum atomic E-state index is 15.2. The molecule has 1 aromatic rings. The highest BCUT2D eigenvalue weighted by Crippen LogP contribution is 2.53. The molecular formula is C30H44FNO4. The zero-order chi connectivity index (χ0) is 26.0. The van der Waals surface area contributed by atoms with Crippen molar-refractivity contribution in [2.45, 2.75) is 104 Å². The summed E-state index contributed by atoms with van der Waals surface area (Å²) in [6.07, 6.45) is 10.5. The van der Waals surface area contributed by atoms with E-state index in [1.54, 1.807) is 6.07 Å². The van der Waals surface area contributed by atoms with Gasteiger partial charge in [-0.2, -0.15) is 0 Å². The third kappa shape index (κ3) is 5.89. The molecule has 1 aromatic carbocycles. The molecule has 0 aromatic heterocycles. The number of likely N-dealkylation sites (tertiary alicyclic amines) is 1. The molecule has 4 fully saturated rings. The minimum absolute atomic E-state index is 0.0202. The van der Waals surface area contributed by atoms with Gasteiger partial charge in [0.15, 0.2) is 0 Å². The highest BCUT2D eigenvalue weighted by molar-refractivity contribution is 5.97. The molecule has 200 valence electrons. The number of rotatable bonds is 6. The molecule has 1 aliphatic heterocycles. The minimum atomic E-state index is -1.02. The minimum Gasteiger partial charge on any atom is -0.493 e. The van der Waals surface area contributed by atoms with Gasteiger partial charge in [0.2, 0.25) is 0 Å². The summed E-state index contributed by atoms with van der Waals surface area (Å²) >= 11 is 0. The zero-order valence-electron chi connectivity index (χ0n) is 22.5. The number of amides is 1. The van der Waals surface area contributed by atoms with Gasteiger partial charge in [0.05, 0.1) is 12.2 Å². The Morgan fingerprint density at radius 3 is 2.31 bits per heavy atom. The number of hydrogen-bond donors (Lipinski definition) is 1. The fraction of sp³-hybridized carbons (Fsp3) is 0.733. The van der Waals surface area contributed by atoms with Crippen LogP contribution in [0.4, 0.5) is 4.39 Å². The van der Waals surface area contributed by atoms with E-state index in [1.807, 2.05) is 0 Å². The molecule has 6 heteroatoms. The van der Waals surface area contributed by atoms with Gasteiger partial charge in [0, 0.05) is 18.0 Å². The van der Waals surface area contributed by atoms with Crippen LogP contribution in [0.25, 0.3) is 0 Å². The maximum Gasteiger partial charge on any atom is 0.326 e. The highest BCUT2D eigenvalue weighted by atomic mass is 19.1. The molecule has 3 saturated carbocycles. The normalized spacial score (nSPS) is 31.4. The van der Waals surface area contributed by atoms with Crippen molar-refractivity contribution >= 4 is 11.9 Å². The third-order valence-corrected chi connectivity index (χ3v) is 8.44. The third-order valence-electron chi connectivity index (χ3n) is 8.44. The van der Waals surface area contributed by atoms with Crippen molar-refractivity contribution in [1.82, 2.24) is 4.90 Å². The molecule has 4 aliphatic rings. The predicted molar refractivity (Wildman–Crippen MR) is 139 cm³/mol. The van der Waals surface area contributed by atoms with Crippen molar-refractivity contribution in [1.29, 1.82) is 0 Å². The van der Waals surface area contributed by atoms with E-state index in [2.05, 4.69) is 27.7 Å². The van der Waals surface area contributed by atoms with Gasteiger partial charge in [-0.1, -0.05) is 34.1 Å². The maximum absolute atomic E-state index is 15.2. The lowest BCUT2D eigenvalue weighted by Gasteiger charge is -2.49. The first kappa shape index (κ1) is 26.9. The van der Waals surface area contributed by atoms with E-state index < -0.39 is 23.7 Å². The second kappa shape index (κ2) is 11.1. The Morgan fingerprint density at radius 1 is 1.08 bits per heavy atom. The Morgan fingerprint density at radius 2 is 1.72 bits per heavy atom. The van der Waals surface area contributed by atoms with Crippen LogP contribution in [0.15, 0.2) is 12.1 Å². The van der Waals surface area contributed by atoms with Crippen LogP contribution in [-0.2, 0) is 4.79 Å². The van der Waals surface area contributed by atoms with Crippen LogP contribution in [0.1, 0.15) is 114 Å². The van der Waals surface area contributed by atoms with Gasteiger partial charge < -0.3 is 14.7 Å². The van der Waals surface area contributed by atoms with E-state index in [0.717, 1.165) is 37.2 Å². The Bertz CT molecular complexity index is 939. The number of carbonyl (C=O) groups is 2. The van der Waals surface area contributed by atoms with Gasteiger partial charge in [0.1, 0.15) is 17.6 Å². The largest absolute Gasteiger partial charge is 0.493 e. The topological polar surface area (TPSA) is 66.8 Å². The summed E-state index contributed by atoms with van der Waals surface area (Å²) < 4.78 is 21.6. The Kier molecular flexibility index (Phi) is 8.31. The summed E-state index contributed by atoms with van der Waals surface area (Å²) in [5.74, 6) is 0.874. The van der Waals surface area contributed by atoms with Crippen molar-refractivity contribution in [3.05, 3.63) is 29.1 Å². The molecule has 5 nitrogen and oxygen atoms in total. The predicted octanol–water partition coefficient (Wildman–Crippen LogP) is 7.04. The van der Waals surface area contributed by atoms with E-state index in [-0.39, 0.29) is 11.0 Å². The van der Waals surface area contributed by atoms with Gasteiger partial charge in [-0.3, -0.25) is 4.79 Å². The lowest BCUT2D eigenvalue weighted by molar-refractivity contribution is -0.141. The fourth-order valence-corrected chi connectivity index (χ4v) is 7.31. The van der Waals surface area contributed by atoms with Crippen molar-refractivity contribution < 1.29 is 23.8 Å². The number of halogens is 1. The van der Waals surface area contributed by atoms with Crippen LogP contribution in [0.2, 0.25) is 0 Å². The fourth-order valence-electron chi connectivity index (χ4n) is 7.31. The quantitative estimate of drug-likeness (QED) is 0.454. The van der Waals surface area contributed by atoms with E-state index in [4.69, 9.17) is 4.74 Å². The number of carbonyl (C=O) groups excluding carboxylic acids is 1. The van der Waals surface area contributed by atoms with E-state index in [1.165, 1.54) is 36.6 Å². The van der Waals surface area contributed by atoms with Crippen LogP contribution in [0, 0.1) is 29.0 Å². The van der Waals surface area contributed by atoms with Crippen molar-refractivity contribution in [2.24, 2.45) is 23.2 Å². The van der Waals surface area contributed by atoms with Crippen LogP contribution >= 0.6 is 0 Å². The molecule has 5 rings (SSSR count). The standard InChI is InChI=1S/C27H36FNO4.C3H8/c1-16-8-18-9-17(2)13-27(12-16,14-18)15-33-24-11-22(28)21(10-20(24)19-5-6-19)25(30)29-7-3-4-23(29)26(31)32;1-3-2/h10-11,16-19,23H,3-9,12-15H2,1-2H3,(H,31,32);3H2,1-2H3. The number of fused-ring (bicyclic) bond motifs is 2. The number of ether oxygens (including phenoxy) is 1. The van der Waals surface area contributed by atoms with E-state index in [0.29, 0.717) is 49.5 Å². The van der Waals surface area contributed by atoms with Gasteiger partial charge in [-0.15, -0.1) is 0 Å². The zero-order valence-corrected chi connectivity index (χ0v) is 22.5. The molecule has 3 aliphatic carbocycles. The van der Waals surface area contributed by atoms with Crippen LogP contribution in [0.3, 0.4) is 0 Å². The van der Waals surface area contributed by atoms with Gasteiger partial charge in [-0.25, -0.2) is 9.18 Å². The smallest absolute Gasteiger partial charge is 0.326 e. The number of carboxylic acids is 1. The molecule has 0 radical (unpaired) electrons. The van der Waals surface area contributed by atoms with Crippen molar-refractivity contribution in [3.8, 4) is 5.75 Å². The Balaban J connectivity index is 0.000000967. The molecule has 3 unspecified atom stereocenters. The summed E-state index contributed by atoms with van der Waals surface area (Å²) in [5, 5.41) is 9.44. The molecular weight excluding hydrogens is 457 g/mol. The lowest BCUT2D eigenvalue weighted by Crippen LogP contribution is -2.43. The summed E-state index contributed by atoms with van der Waals surface area (Å²) in [5.41, 5.74) is 1.05. The lowest BCUT2D eigenvalue weighted by atomic mass is 9.57. The van der Waals surface area contributed by atoms with Crippen molar-refractivity contribution in [2.75, 3.05) is 13.2 Å². The second-order valence-corrected chi connectivity index (χ2v) is 12.3. The Hall–Kier alpha value is -2.11. The number of benzene rings is 1. The van der Waals surface area contributed by atoms with Crippen LogP contribution < -0.4 is 4.74 Å². The number of aliphatic carboxylic acids is 1. The molecule has 3 atom stereocenters. The molecule has 1 heterocycles. The van der Waals surface area contributed by atoms with Gasteiger partial charge >= 0.3 is 5.97 Å². The van der Waals surface area contributed by atoms with E-state index in [9.17, 15) is 14.7 Å². The van der Waals surface area contributed by atoms with Crippen molar-refractivity contribution in [3.63, 3.8) is 0 Å². The molecule has 0 spiro atoms. The van der Waals surface area contributed by atoms with Gasteiger partial charge in [-0.05, 0) is 93.1 Å². The summed E-state index contributed by atoms with van der Waals surface area (Å²) in [4.78, 5) is 25.9. The first-order chi connectivity index (χ1) is 17.2. The summed E-state index contributed by atoms with van der Waals surface area (Å²) in [7, 11) is 0. The van der Waals surface area contributed by atoms with Crippen LogP contribution in [0.5, 0.6) is 5.75 Å². The average molecular weight is 502 g/mol. The molecule has 2 bridgehead atoms. The number of carboxylic acid groups (broad SMARTS) is 1. The molecule has 1 N–H and O–H groups in total. The summed E-state index contributed by atoms with van der Waals surface area (Å²) in [6.45, 7) is 9.90. The summed E-state index contributed by atoms with van der Waals surface area (Å²) in [6, 6.07) is 2.17. The van der Waals surface area contributed by atoms with Gasteiger partial charge in [0.25, 0.3) is 5.91 Å². The highest BCUT2D eigenvalue weighted by Gasteiger charge is 2.45. The number of nitrogens with zero attached hydrogens (tertiary/aromatic N) is 1. The van der Waals surface area contributed by atoms with Crippen LogP contribution in [-0.4, -0.2) is 41.1 Å². The molecule has 36 heavy (non-hydrogen) atoms. The van der Waals surface area contributed by atoms with E-state index >= 15 is 4.39 Å². The average Bonchev–Trinajstić information content (AvgIpc) is 3.51. The first-order valence-corrected chi connectivity index (χ1v) is 14.2. The second-order valence-electron chi connectivity index (χ2n) is 12.3. The first-order valence-electron chi connectivity index (χ1n) is 14.2. The molecule has 1 saturated heterocycles. The Labute approximate surface area is 215 Å². The molecule has 1 amide bonds.